The molecule has 0 unspecified atom stereocenters. The van der Waals surface area contributed by atoms with Gasteiger partial charge in [-0.1, -0.05) is 43.3 Å². The van der Waals surface area contributed by atoms with Gasteiger partial charge in [-0.05, 0) is 42.4 Å². The molecule has 3 saturated heterocycles. The van der Waals surface area contributed by atoms with Crippen LogP contribution < -0.4 is 19.7 Å². The van der Waals surface area contributed by atoms with Gasteiger partial charge >= 0.3 is 6.01 Å². The van der Waals surface area contributed by atoms with Crippen molar-refractivity contribution < 1.29 is 23.0 Å². The van der Waals surface area contributed by atoms with Crippen molar-refractivity contribution in [1.29, 1.82) is 0 Å². The minimum absolute atomic E-state index is 0.0218. The number of nitrogens with one attached hydrogen (secondary N) is 1. The maximum absolute atomic E-state index is 17.4. The second-order valence-corrected chi connectivity index (χ2v) is 14.3. The fraction of sp³-hybridized carbons (Fsp3) is 0.385. The summed E-state index contributed by atoms with van der Waals surface area (Å²) >= 11 is 0. The molecule has 3 aromatic carbocycles. The number of benzene rings is 3. The number of terminal acetylenes is 1. The Hall–Kier alpha value is -4.72. The Morgan fingerprint density at radius 3 is 2.71 bits per heavy atom. The van der Waals surface area contributed by atoms with E-state index in [1.54, 1.807) is 12.1 Å². The molecule has 1 aromatic heterocycles. The molecule has 8 nitrogen and oxygen atoms in total. The Morgan fingerprint density at radius 1 is 1.16 bits per heavy atom. The Balaban J connectivity index is 1.26. The van der Waals surface area contributed by atoms with Crippen molar-refractivity contribution in [1.82, 2.24) is 20.2 Å². The lowest BCUT2D eigenvalue weighted by atomic mass is 9.87. The van der Waals surface area contributed by atoms with Crippen molar-refractivity contribution in [3.63, 3.8) is 0 Å². The summed E-state index contributed by atoms with van der Waals surface area (Å²) in [7, 11) is 0. The second-order valence-electron chi connectivity index (χ2n) is 14.3. The molecule has 1 spiro atoms. The van der Waals surface area contributed by atoms with E-state index in [2.05, 4.69) is 34.2 Å². The van der Waals surface area contributed by atoms with E-state index >= 15 is 8.78 Å². The highest BCUT2D eigenvalue weighted by Crippen LogP contribution is 2.54. The molecule has 4 aromatic rings. The Labute approximate surface area is 283 Å². The molecule has 5 heterocycles. The van der Waals surface area contributed by atoms with Crippen LogP contribution in [0, 0.1) is 29.4 Å². The third-order valence-electron chi connectivity index (χ3n) is 11.1. The number of morpholine rings is 1. The third-order valence-corrected chi connectivity index (χ3v) is 11.1. The average molecular weight is 662 g/mol. The van der Waals surface area contributed by atoms with Crippen molar-refractivity contribution in [2.45, 2.75) is 37.8 Å². The molecular formula is C39H37F2N5O3. The summed E-state index contributed by atoms with van der Waals surface area (Å²) in [6.45, 7) is 16.0. The van der Waals surface area contributed by atoms with Crippen molar-refractivity contribution >= 4 is 33.1 Å². The lowest BCUT2D eigenvalue weighted by molar-refractivity contribution is 0.0231. The smallest absolute Gasteiger partial charge is 0.318 e. The van der Waals surface area contributed by atoms with Gasteiger partial charge in [0.1, 0.15) is 23.8 Å². The summed E-state index contributed by atoms with van der Waals surface area (Å²) in [5.41, 5.74) is 2.42. The lowest BCUT2D eigenvalue weighted by Gasteiger charge is -2.39. The number of anilines is 1. The van der Waals surface area contributed by atoms with Gasteiger partial charge < -0.3 is 24.4 Å². The number of halogens is 2. The number of hydrogen-bond donors (Lipinski definition) is 1. The van der Waals surface area contributed by atoms with Crippen molar-refractivity contribution in [3.05, 3.63) is 71.9 Å². The number of ether oxygens (including phenoxy) is 3. The third kappa shape index (κ3) is 4.55. The van der Waals surface area contributed by atoms with Crippen LogP contribution in [0.4, 0.5) is 14.6 Å². The predicted octanol–water partition coefficient (Wildman–Crippen LogP) is 6.06. The number of hydrogen-bond acceptors (Lipinski definition) is 8. The van der Waals surface area contributed by atoms with Crippen LogP contribution in [0.1, 0.15) is 37.3 Å². The van der Waals surface area contributed by atoms with Gasteiger partial charge in [-0.15, -0.1) is 6.42 Å². The first-order valence-electron chi connectivity index (χ1n) is 16.9. The number of allylic oxidation sites excluding steroid dienone is 1. The molecule has 250 valence electrons. The zero-order valence-corrected chi connectivity index (χ0v) is 27.5. The van der Waals surface area contributed by atoms with Crippen LogP contribution in [-0.2, 0) is 4.74 Å². The van der Waals surface area contributed by atoms with Crippen molar-refractivity contribution in [2.75, 3.05) is 57.5 Å². The van der Waals surface area contributed by atoms with Gasteiger partial charge in [0.2, 0.25) is 0 Å². The fourth-order valence-electron chi connectivity index (χ4n) is 8.46. The monoisotopic (exact) mass is 661 g/mol. The summed E-state index contributed by atoms with van der Waals surface area (Å²) in [5.74, 6) is 1.95. The van der Waals surface area contributed by atoms with E-state index in [-0.39, 0.29) is 41.0 Å². The first-order chi connectivity index (χ1) is 23.7. The van der Waals surface area contributed by atoms with Crippen LogP contribution in [0.25, 0.3) is 38.4 Å². The second kappa shape index (κ2) is 10.9. The zero-order chi connectivity index (χ0) is 33.7. The molecule has 49 heavy (non-hydrogen) atoms. The first kappa shape index (κ1) is 30.3. The zero-order valence-electron chi connectivity index (χ0n) is 27.5. The Kier molecular flexibility index (Phi) is 6.75. The normalized spacial score (nSPS) is 23.5. The van der Waals surface area contributed by atoms with Gasteiger partial charge in [0, 0.05) is 66.3 Å². The maximum Gasteiger partial charge on any atom is 0.318 e. The molecule has 9 rings (SSSR count). The summed E-state index contributed by atoms with van der Waals surface area (Å²) in [6, 6.07) is 8.78. The number of aromatic nitrogens is 2. The van der Waals surface area contributed by atoms with Gasteiger partial charge in [-0.25, -0.2) is 8.78 Å². The summed E-state index contributed by atoms with van der Waals surface area (Å²) in [6.07, 6.45) is 8.73. The average Bonchev–Trinajstić information content (AvgIpc) is 3.69. The Morgan fingerprint density at radius 2 is 1.98 bits per heavy atom. The van der Waals surface area contributed by atoms with E-state index < -0.39 is 17.2 Å². The van der Waals surface area contributed by atoms with E-state index in [9.17, 15) is 0 Å². The Bertz CT molecular complexity index is 2150. The molecule has 0 amide bonds. The molecule has 4 aliphatic heterocycles. The molecule has 2 atom stereocenters. The number of piperazine rings is 1. The molecule has 5 aliphatic rings. The van der Waals surface area contributed by atoms with Crippen LogP contribution in [0.5, 0.6) is 11.8 Å². The minimum atomic E-state index is -0.620. The predicted molar refractivity (Wildman–Crippen MR) is 186 cm³/mol. The van der Waals surface area contributed by atoms with E-state index in [1.165, 1.54) is 6.07 Å². The van der Waals surface area contributed by atoms with E-state index in [4.69, 9.17) is 30.6 Å². The molecule has 1 aliphatic carbocycles. The van der Waals surface area contributed by atoms with E-state index in [1.807, 2.05) is 19.1 Å². The molecular weight excluding hydrogens is 624 g/mol. The van der Waals surface area contributed by atoms with Crippen LogP contribution in [0.3, 0.4) is 0 Å². The topological polar surface area (TPSA) is 72.0 Å². The standard InChI is InChI=1S/C39H37F2N5O3/c1-5-26-28(40)10-9-24-7-6-8-27(30(24)26)31-29(22(2)3)34-32-35(33(31)41)48-21-39-17-25(42-23(39)4)18-46(39)36(32)44-37(43-34)49-20-38(11-12-38)19-45-13-15-47-16-14-45/h1,6-10,25,42H,2,4,11-21H2,3H3/t25-,39+/m1/s1. The lowest BCUT2D eigenvalue weighted by Crippen LogP contribution is -2.54. The molecule has 10 heteroatoms. The molecule has 2 bridgehead atoms. The maximum atomic E-state index is 17.4. The van der Waals surface area contributed by atoms with Crippen molar-refractivity contribution in [2.24, 2.45) is 5.41 Å². The van der Waals surface area contributed by atoms with Gasteiger partial charge in [-0.3, -0.25) is 4.90 Å². The van der Waals surface area contributed by atoms with Gasteiger partial charge in [0.25, 0.3) is 0 Å². The van der Waals surface area contributed by atoms with Crippen molar-refractivity contribution in [3.8, 4) is 35.2 Å². The summed E-state index contributed by atoms with van der Waals surface area (Å²) < 4.78 is 51.2. The fourth-order valence-corrected chi connectivity index (χ4v) is 8.46. The highest BCUT2D eigenvalue weighted by molar-refractivity contribution is 6.10. The van der Waals surface area contributed by atoms with Gasteiger partial charge in [0.05, 0.1) is 36.3 Å². The van der Waals surface area contributed by atoms with E-state index in [0.29, 0.717) is 57.3 Å². The van der Waals surface area contributed by atoms with Crippen LogP contribution in [0.2, 0.25) is 0 Å². The highest BCUT2D eigenvalue weighted by Gasteiger charge is 2.57. The quantitative estimate of drug-likeness (QED) is 0.240. The number of fused-ring (bicyclic) bond motifs is 3. The minimum Gasteiger partial charge on any atom is -0.487 e. The SMILES string of the molecule is C#Cc1c(F)ccc2cccc(-c3c(F)c4c5c(nc(OCC6(CN7CCOCC7)CC6)nc5c3C(=C)C)N3C[C@H]5C[C@]3(CO4)C(=C)N5)c12. The van der Waals surface area contributed by atoms with Gasteiger partial charge in [0.15, 0.2) is 11.6 Å². The molecule has 4 fully saturated rings. The molecule has 1 saturated carbocycles. The van der Waals surface area contributed by atoms with Crippen LogP contribution in [-0.4, -0.2) is 79.1 Å². The first-order valence-corrected chi connectivity index (χ1v) is 16.9. The highest BCUT2D eigenvalue weighted by atomic mass is 19.1. The number of nitrogens with zero attached hydrogens (tertiary/aromatic N) is 4. The van der Waals surface area contributed by atoms with E-state index in [0.717, 1.165) is 57.8 Å². The number of rotatable bonds is 7. The van der Waals surface area contributed by atoms with Crippen LogP contribution >= 0.6 is 0 Å². The van der Waals surface area contributed by atoms with Crippen LogP contribution in [0.15, 0.2) is 49.2 Å². The molecule has 0 radical (unpaired) electrons. The molecule has 1 N–H and O–H groups in total. The van der Waals surface area contributed by atoms with Gasteiger partial charge in [-0.2, -0.15) is 9.97 Å². The summed E-state index contributed by atoms with van der Waals surface area (Å²) in [5, 5.41) is 5.07. The largest absolute Gasteiger partial charge is 0.487 e. The summed E-state index contributed by atoms with van der Waals surface area (Å²) in [4.78, 5) is 14.7.